The Labute approximate surface area is 147 Å². The zero-order valence-corrected chi connectivity index (χ0v) is 14.4. The second-order valence-electron chi connectivity index (χ2n) is 6.37. The number of piperidine rings is 1. The maximum Gasteiger partial charge on any atom is 0.121 e. The van der Waals surface area contributed by atoms with E-state index in [2.05, 4.69) is 40.6 Å². The summed E-state index contributed by atoms with van der Waals surface area (Å²) in [5.41, 5.74) is 3.18. The smallest absolute Gasteiger partial charge is 0.121 e. The highest BCUT2D eigenvalue weighted by Crippen LogP contribution is 2.27. The van der Waals surface area contributed by atoms with Crippen LogP contribution in [0.4, 0.5) is 0 Å². The summed E-state index contributed by atoms with van der Waals surface area (Å²) in [5.74, 6) is 1.77. The number of methoxy groups -OCH3 is 1. The molecule has 1 aromatic heterocycles. The fourth-order valence-corrected chi connectivity index (χ4v) is 3.22. The molecule has 0 radical (unpaired) electrons. The molecule has 0 amide bonds. The topological polar surface area (TPSA) is 43.4 Å². The predicted molar refractivity (Wildman–Crippen MR) is 100 cm³/mol. The van der Waals surface area contributed by atoms with Crippen LogP contribution >= 0.6 is 0 Å². The Morgan fingerprint density at radius 3 is 2.44 bits per heavy atom. The van der Waals surface area contributed by atoms with Crippen LogP contribution in [0.3, 0.4) is 0 Å². The Kier molecular flexibility index (Phi) is 4.53. The van der Waals surface area contributed by atoms with Gasteiger partial charge in [-0.1, -0.05) is 12.1 Å². The van der Waals surface area contributed by atoms with E-state index in [1.54, 1.807) is 7.11 Å². The van der Waals surface area contributed by atoms with Gasteiger partial charge in [0.1, 0.15) is 17.6 Å². The molecule has 0 spiro atoms. The van der Waals surface area contributed by atoms with Gasteiger partial charge < -0.3 is 14.8 Å². The number of hydrogen-bond donors (Lipinski definition) is 1. The maximum atomic E-state index is 6.07. The van der Waals surface area contributed by atoms with Gasteiger partial charge in [-0.05, 0) is 61.8 Å². The summed E-state index contributed by atoms with van der Waals surface area (Å²) in [4.78, 5) is 4.56. The molecule has 3 aromatic rings. The van der Waals surface area contributed by atoms with Crippen molar-refractivity contribution in [1.29, 1.82) is 0 Å². The van der Waals surface area contributed by atoms with Crippen LogP contribution in [-0.4, -0.2) is 31.3 Å². The first kappa shape index (κ1) is 15.9. The van der Waals surface area contributed by atoms with Crippen molar-refractivity contribution in [3.05, 3.63) is 54.7 Å². The molecule has 4 heteroatoms. The van der Waals surface area contributed by atoms with Crippen molar-refractivity contribution in [3.63, 3.8) is 0 Å². The second-order valence-corrected chi connectivity index (χ2v) is 6.37. The van der Waals surface area contributed by atoms with Gasteiger partial charge in [-0.2, -0.15) is 0 Å². The average molecular weight is 334 g/mol. The Hall–Kier alpha value is -2.59. The molecule has 0 unspecified atom stereocenters. The summed E-state index contributed by atoms with van der Waals surface area (Å²) in [5, 5.41) is 4.46. The lowest BCUT2D eigenvalue weighted by Crippen LogP contribution is -2.34. The Morgan fingerprint density at radius 1 is 0.920 bits per heavy atom. The molecule has 0 bridgehead atoms. The lowest BCUT2D eigenvalue weighted by atomic mass is 10.0. The van der Waals surface area contributed by atoms with Crippen LogP contribution in [0.15, 0.2) is 54.7 Å². The van der Waals surface area contributed by atoms with Crippen LogP contribution in [0.5, 0.6) is 11.5 Å². The Balaban J connectivity index is 1.53. The second kappa shape index (κ2) is 7.11. The normalized spacial score (nSPS) is 15.2. The molecular weight excluding hydrogens is 312 g/mol. The van der Waals surface area contributed by atoms with Gasteiger partial charge in [0.25, 0.3) is 0 Å². The SMILES string of the molecule is COc1ccc2cc(-c3ccc(OC4CCNCC4)cc3)cnc2c1. The third-order valence-electron chi connectivity index (χ3n) is 4.67. The number of aromatic nitrogens is 1. The molecule has 1 saturated heterocycles. The van der Waals surface area contributed by atoms with E-state index in [9.17, 15) is 0 Å². The van der Waals surface area contributed by atoms with Crippen LogP contribution in [-0.2, 0) is 0 Å². The molecule has 128 valence electrons. The number of nitrogens with one attached hydrogen (secondary N) is 1. The van der Waals surface area contributed by atoms with E-state index in [0.29, 0.717) is 6.10 Å². The fourth-order valence-electron chi connectivity index (χ4n) is 3.22. The average Bonchev–Trinajstić information content (AvgIpc) is 2.68. The van der Waals surface area contributed by atoms with Crippen LogP contribution < -0.4 is 14.8 Å². The number of pyridine rings is 1. The quantitative estimate of drug-likeness (QED) is 0.782. The Morgan fingerprint density at radius 2 is 1.68 bits per heavy atom. The third kappa shape index (κ3) is 3.59. The van der Waals surface area contributed by atoms with Crippen LogP contribution in [0, 0.1) is 0 Å². The molecule has 4 nitrogen and oxygen atoms in total. The first-order valence-corrected chi connectivity index (χ1v) is 8.73. The molecule has 0 aliphatic carbocycles. The number of hydrogen-bond acceptors (Lipinski definition) is 4. The van der Waals surface area contributed by atoms with Gasteiger partial charge in [0.05, 0.1) is 12.6 Å². The fraction of sp³-hybridized carbons (Fsp3) is 0.286. The molecule has 1 N–H and O–H groups in total. The molecule has 2 aromatic carbocycles. The highest BCUT2D eigenvalue weighted by atomic mass is 16.5. The molecule has 1 aliphatic rings. The monoisotopic (exact) mass is 334 g/mol. The molecule has 2 heterocycles. The van der Waals surface area contributed by atoms with Gasteiger partial charge in [0.2, 0.25) is 0 Å². The van der Waals surface area contributed by atoms with Gasteiger partial charge >= 0.3 is 0 Å². The first-order valence-electron chi connectivity index (χ1n) is 8.73. The van der Waals surface area contributed by atoms with Crippen molar-refractivity contribution >= 4 is 10.9 Å². The molecule has 0 atom stereocenters. The van der Waals surface area contributed by atoms with Crippen molar-refractivity contribution in [2.45, 2.75) is 18.9 Å². The van der Waals surface area contributed by atoms with Crippen molar-refractivity contribution < 1.29 is 9.47 Å². The maximum absolute atomic E-state index is 6.07. The van der Waals surface area contributed by atoms with Gasteiger partial charge in [0, 0.05) is 23.2 Å². The highest BCUT2D eigenvalue weighted by molar-refractivity contribution is 5.84. The number of ether oxygens (including phenoxy) is 2. The summed E-state index contributed by atoms with van der Waals surface area (Å²) < 4.78 is 11.3. The summed E-state index contributed by atoms with van der Waals surface area (Å²) in [6, 6.07) is 16.4. The zero-order valence-electron chi connectivity index (χ0n) is 14.4. The van der Waals surface area contributed by atoms with E-state index in [0.717, 1.165) is 59.5 Å². The molecule has 25 heavy (non-hydrogen) atoms. The van der Waals surface area contributed by atoms with Gasteiger partial charge in [0.15, 0.2) is 0 Å². The van der Waals surface area contributed by atoms with E-state index in [4.69, 9.17) is 9.47 Å². The number of fused-ring (bicyclic) bond motifs is 1. The molecule has 4 rings (SSSR count). The minimum atomic E-state index is 0.324. The highest BCUT2D eigenvalue weighted by Gasteiger charge is 2.14. The summed E-state index contributed by atoms with van der Waals surface area (Å²) in [6.07, 6.45) is 4.37. The van der Waals surface area contributed by atoms with E-state index in [-0.39, 0.29) is 0 Å². The van der Waals surface area contributed by atoms with Gasteiger partial charge in [-0.15, -0.1) is 0 Å². The minimum Gasteiger partial charge on any atom is -0.497 e. The van der Waals surface area contributed by atoms with Crippen molar-refractivity contribution in [2.75, 3.05) is 20.2 Å². The third-order valence-corrected chi connectivity index (χ3v) is 4.67. The largest absolute Gasteiger partial charge is 0.497 e. The first-order chi connectivity index (χ1) is 12.3. The number of nitrogens with zero attached hydrogens (tertiary/aromatic N) is 1. The Bertz CT molecular complexity index is 855. The van der Waals surface area contributed by atoms with E-state index in [1.165, 1.54) is 0 Å². The molecular formula is C21H22N2O2. The summed E-state index contributed by atoms with van der Waals surface area (Å²) in [6.45, 7) is 2.08. The molecule has 0 saturated carbocycles. The van der Waals surface area contributed by atoms with Gasteiger partial charge in [-0.3, -0.25) is 4.98 Å². The van der Waals surface area contributed by atoms with E-state index >= 15 is 0 Å². The number of benzene rings is 2. The predicted octanol–water partition coefficient (Wildman–Crippen LogP) is 4.04. The number of rotatable bonds is 4. The van der Waals surface area contributed by atoms with E-state index in [1.807, 2.05) is 24.4 Å². The van der Waals surface area contributed by atoms with Gasteiger partial charge in [-0.25, -0.2) is 0 Å². The van der Waals surface area contributed by atoms with Crippen molar-refractivity contribution in [3.8, 4) is 22.6 Å². The van der Waals surface area contributed by atoms with Crippen LogP contribution in [0.25, 0.3) is 22.0 Å². The molecule has 1 fully saturated rings. The standard InChI is InChI=1S/C21H22N2O2/c1-24-20-7-4-16-12-17(14-23-21(16)13-20)15-2-5-18(6-3-15)25-19-8-10-22-11-9-19/h2-7,12-14,19,22H,8-11H2,1H3. The summed E-state index contributed by atoms with van der Waals surface area (Å²) in [7, 11) is 1.67. The lowest BCUT2D eigenvalue weighted by molar-refractivity contribution is 0.162. The molecule has 1 aliphatic heterocycles. The lowest BCUT2D eigenvalue weighted by Gasteiger charge is -2.23. The zero-order chi connectivity index (χ0) is 17.1. The van der Waals surface area contributed by atoms with Crippen molar-refractivity contribution in [1.82, 2.24) is 10.3 Å². The minimum absolute atomic E-state index is 0.324. The summed E-state index contributed by atoms with van der Waals surface area (Å²) >= 11 is 0. The van der Waals surface area contributed by atoms with Crippen LogP contribution in [0.1, 0.15) is 12.8 Å². The van der Waals surface area contributed by atoms with Crippen molar-refractivity contribution in [2.24, 2.45) is 0 Å². The van der Waals surface area contributed by atoms with Crippen LogP contribution in [0.2, 0.25) is 0 Å². The van der Waals surface area contributed by atoms with E-state index < -0.39 is 0 Å².